The smallest absolute Gasteiger partial charge is 0.152 e. The van der Waals surface area contributed by atoms with Crippen LogP contribution in [0.2, 0.25) is 0 Å². The fourth-order valence-electron chi connectivity index (χ4n) is 2.02. The van der Waals surface area contributed by atoms with E-state index in [-0.39, 0.29) is 11.5 Å². The van der Waals surface area contributed by atoms with Crippen LogP contribution in [0.25, 0.3) is 0 Å². The highest BCUT2D eigenvalue weighted by Crippen LogP contribution is 2.18. The van der Waals surface area contributed by atoms with Gasteiger partial charge in [0.1, 0.15) is 12.1 Å². The Bertz CT molecular complexity index is 514. The molecule has 6 heteroatoms. The van der Waals surface area contributed by atoms with Gasteiger partial charge in [-0.05, 0) is 12.3 Å². The molecule has 0 radical (unpaired) electrons. The van der Waals surface area contributed by atoms with E-state index >= 15 is 0 Å². The number of sulfone groups is 1. The third-order valence-corrected chi connectivity index (χ3v) is 4.86. The van der Waals surface area contributed by atoms with E-state index in [2.05, 4.69) is 23.8 Å². The van der Waals surface area contributed by atoms with Crippen LogP contribution in [0.4, 0.5) is 5.82 Å². The van der Waals surface area contributed by atoms with Gasteiger partial charge in [-0.1, -0.05) is 13.8 Å². The fraction of sp³-hybridized carbons (Fsp3) is 0.667. The third-order valence-electron chi connectivity index (χ3n) is 3.14. The summed E-state index contributed by atoms with van der Waals surface area (Å²) < 4.78 is 23.1. The molecule has 2 heterocycles. The molecule has 1 aromatic rings. The minimum atomic E-state index is -2.87. The highest BCUT2D eigenvalue weighted by molar-refractivity contribution is 7.91. The molecular weight excluding hydrogens is 250 g/mol. The number of hydrogen-bond donors (Lipinski definition) is 0. The van der Waals surface area contributed by atoms with Gasteiger partial charge in [0.2, 0.25) is 0 Å². The van der Waals surface area contributed by atoms with E-state index in [1.54, 1.807) is 6.33 Å². The van der Waals surface area contributed by atoms with Crippen molar-refractivity contribution in [2.45, 2.75) is 26.2 Å². The first-order chi connectivity index (χ1) is 8.48. The molecule has 1 aliphatic heterocycles. The lowest BCUT2D eigenvalue weighted by molar-refractivity contribution is 0.597. The lowest BCUT2D eigenvalue weighted by atomic mass is 10.1. The van der Waals surface area contributed by atoms with E-state index in [4.69, 9.17) is 0 Å². The van der Waals surface area contributed by atoms with Crippen molar-refractivity contribution in [1.82, 2.24) is 9.97 Å². The summed E-state index contributed by atoms with van der Waals surface area (Å²) in [5, 5.41) is 0. The second kappa shape index (κ2) is 5.22. The molecule has 1 aliphatic rings. The lowest BCUT2D eigenvalue weighted by Crippen LogP contribution is -2.27. The van der Waals surface area contributed by atoms with Gasteiger partial charge in [0, 0.05) is 24.8 Å². The van der Waals surface area contributed by atoms with Crippen LogP contribution in [0, 0.1) is 0 Å². The van der Waals surface area contributed by atoms with Crippen LogP contribution in [-0.4, -0.2) is 43.0 Å². The summed E-state index contributed by atoms with van der Waals surface area (Å²) in [6, 6.07) is 1.96. The molecule has 0 aliphatic carbocycles. The quantitative estimate of drug-likeness (QED) is 0.808. The molecule has 0 atom stereocenters. The first kappa shape index (κ1) is 13.3. The topological polar surface area (TPSA) is 63.2 Å². The average molecular weight is 269 g/mol. The Kier molecular flexibility index (Phi) is 3.85. The molecule has 100 valence electrons. The van der Waals surface area contributed by atoms with Gasteiger partial charge < -0.3 is 4.90 Å². The first-order valence-corrected chi connectivity index (χ1v) is 8.07. The van der Waals surface area contributed by atoms with Crippen molar-refractivity contribution in [1.29, 1.82) is 0 Å². The number of aromatic nitrogens is 2. The maximum absolute atomic E-state index is 11.6. The minimum Gasteiger partial charge on any atom is -0.355 e. The number of hydrogen-bond acceptors (Lipinski definition) is 5. The maximum atomic E-state index is 11.6. The third kappa shape index (κ3) is 3.19. The standard InChI is InChI=1S/C12H19N3O2S/c1-10(2)11-8-12(14-9-13-11)15-4-3-6-18(16,17)7-5-15/h8-10H,3-7H2,1-2H3. The van der Waals surface area contributed by atoms with Gasteiger partial charge in [-0.2, -0.15) is 0 Å². The second-order valence-electron chi connectivity index (χ2n) is 4.95. The molecule has 0 bridgehead atoms. The fourth-order valence-corrected chi connectivity index (χ4v) is 3.29. The molecule has 0 amide bonds. The van der Waals surface area contributed by atoms with E-state index < -0.39 is 9.84 Å². The zero-order valence-electron chi connectivity index (χ0n) is 10.8. The second-order valence-corrected chi connectivity index (χ2v) is 7.25. The van der Waals surface area contributed by atoms with Crippen molar-refractivity contribution in [3.05, 3.63) is 18.1 Å². The molecule has 0 aromatic carbocycles. The molecule has 0 unspecified atom stereocenters. The summed E-state index contributed by atoms with van der Waals surface area (Å²) in [7, 11) is -2.87. The molecule has 0 saturated carbocycles. The summed E-state index contributed by atoms with van der Waals surface area (Å²) in [5.41, 5.74) is 0.993. The van der Waals surface area contributed by atoms with Gasteiger partial charge >= 0.3 is 0 Å². The molecular formula is C12H19N3O2S. The Morgan fingerprint density at radius 3 is 2.72 bits per heavy atom. The van der Waals surface area contributed by atoms with Gasteiger partial charge in [-0.25, -0.2) is 18.4 Å². The highest BCUT2D eigenvalue weighted by atomic mass is 32.2. The van der Waals surface area contributed by atoms with Crippen molar-refractivity contribution in [3.8, 4) is 0 Å². The minimum absolute atomic E-state index is 0.216. The predicted molar refractivity (Wildman–Crippen MR) is 71.6 cm³/mol. The van der Waals surface area contributed by atoms with E-state index in [0.29, 0.717) is 18.9 Å². The maximum Gasteiger partial charge on any atom is 0.152 e. The average Bonchev–Trinajstić information content (AvgIpc) is 2.50. The summed E-state index contributed by atoms with van der Waals surface area (Å²) in [5.74, 6) is 1.69. The van der Waals surface area contributed by atoms with Gasteiger partial charge in [-0.3, -0.25) is 0 Å². The summed E-state index contributed by atoms with van der Waals surface area (Å²) in [6.45, 7) is 5.43. The van der Waals surface area contributed by atoms with E-state index in [9.17, 15) is 8.42 Å². The van der Waals surface area contributed by atoms with Crippen molar-refractivity contribution >= 4 is 15.7 Å². The lowest BCUT2D eigenvalue weighted by Gasteiger charge is -2.21. The van der Waals surface area contributed by atoms with Crippen LogP contribution in [-0.2, 0) is 9.84 Å². The van der Waals surface area contributed by atoms with Crippen LogP contribution < -0.4 is 4.90 Å². The Hall–Kier alpha value is -1.17. The predicted octanol–water partition coefficient (Wildman–Crippen LogP) is 1.22. The highest BCUT2D eigenvalue weighted by Gasteiger charge is 2.20. The van der Waals surface area contributed by atoms with Gasteiger partial charge in [-0.15, -0.1) is 0 Å². The molecule has 5 nitrogen and oxygen atoms in total. The summed E-state index contributed by atoms with van der Waals surface area (Å²) in [6.07, 6.45) is 2.23. The Labute approximate surface area is 108 Å². The summed E-state index contributed by atoms with van der Waals surface area (Å²) >= 11 is 0. The van der Waals surface area contributed by atoms with Crippen LogP contribution >= 0.6 is 0 Å². The van der Waals surface area contributed by atoms with E-state index in [1.807, 2.05) is 11.0 Å². The molecule has 2 rings (SSSR count). The normalized spacial score (nSPS) is 19.8. The number of rotatable bonds is 2. The largest absolute Gasteiger partial charge is 0.355 e. The van der Waals surface area contributed by atoms with Crippen molar-refractivity contribution in [2.24, 2.45) is 0 Å². The zero-order chi connectivity index (χ0) is 13.2. The van der Waals surface area contributed by atoms with Gasteiger partial charge in [0.15, 0.2) is 9.84 Å². The van der Waals surface area contributed by atoms with Crippen LogP contribution in [0.15, 0.2) is 12.4 Å². The number of nitrogens with zero attached hydrogens (tertiary/aromatic N) is 3. The Morgan fingerprint density at radius 1 is 1.22 bits per heavy atom. The van der Waals surface area contributed by atoms with E-state index in [0.717, 1.165) is 18.1 Å². The van der Waals surface area contributed by atoms with Gasteiger partial charge in [0.05, 0.1) is 11.5 Å². The van der Waals surface area contributed by atoms with E-state index in [1.165, 1.54) is 0 Å². The summed E-state index contributed by atoms with van der Waals surface area (Å²) in [4.78, 5) is 10.5. The zero-order valence-corrected chi connectivity index (χ0v) is 11.7. The Morgan fingerprint density at radius 2 is 2.00 bits per heavy atom. The van der Waals surface area contributed by atoms with Crippen LogP contribution in [0.3, 0.4) is 0 Å². The molecule has 1 saturated heterocycles. The monoisotopic (exact) mass is 269 g/mol. The molecule has 1 fully saturated rings. The van der Waals surface area contributed by atoms with Gasteiger partial charge in [0.25, 0.3) is 0 Å². The number of anilines is 1. The molecule has 0 N–H and O–H groups in total. The van der Waals surface area contributed by atoms with Crippen molar-refractivity contribution in [2.75, 3.05) is 29.5 Å². The SMILES string of the molecule is CC(C)c1cc(N2CCCS(=O)(=O)CC2)ncn1. The molecule has 1 aromatic heterocycles. The van der Waals surface area contributed by atoms with Crippen LogP contribution in [0.5, 0.6) is 0 Å². The molecule has 0 spiro atoms. The van der Waals surface area contributed by atoms with Crippen molar-refractivity contribution in [3.63, 3.8) is 0 Å². The van der Waals surface area contributed by atoms with Crippen LogP contribution in [0.1, 0.15) is 31.9 Å². The van der Waals surface area contributed by atoms with Crippen molar-refractivity contribution < 1.29 is 8.42 Å². The first-order valence-electron chi connectivity index (χ1n) is 6.25. The Balaban J connectivity index is 2.18. The molecule has 18 heavy (non-hydrogen) atoms.